The number of hydrogen-bond donors (Lipinski definition) is 0. The second kappa shape index (κ2) is 2.95. The average molecular weight is 177 g/mol. The van der Waals surface area contributed by atoms with Gasteiger partial charge in [-0.15, -0.1) is 0 Å². The maximum Gasteiger partial charge on any atom is 0.150 e. The van der Waals surface area contributed by atoms with E-state index < -0.39 is 17.9 Å². The first-order valence-corrected chi connectivity index (χ1v) is 4.42. The Kier molecular flexibility index (Phi) is 2.43. The van der Waals surface area contributed by atoms with E-state index >= 15 is 0 Å². The Labute approximate surface area is 72.7 Å². The van der Waals surface area contributed by atoms with Gasteiger partial charge in [-0.1, -0.05) is 0 Å². The lowest BCUT2D eigenvalue weighted by Gasteiger charge is -2.35. The average Bonchev–Trinajstić information content (AvgIpc) is 2.13. The first kappa shape index (κ1) is 9.90. The van der Waals surface area contributed by atoms with E-state index in [9.17, 15) is 8.78 Å². The third-order valence-electron chi connectivity index (χ3n) is 2.73. The van der Waals surface area contributed by atoms with Crippen LogP contribution in [0.4, 0.5) is 8.78 Å². The van der Waals surface area contributed by atoms with Gasteiger partial charge < -0.3 is 0 Å². The van der Waals surface area contributed by atoms with Crippen LogP contribution in [-0.2, 0) is 0 Å². The van der Waals surface area contributed by atoms with Crippen molar-refractivity contribution in [2.45, 2.75) is 51.6 Å². The highest BCUT2D eigenvalue weighted by atomic mass is 19.2. The van der Waals surface area contributed by atoms with Crippen molar-refractivity contribution in [1.82, 2.24) is 4.90 Å². The molecule has 0 radical (unpaired) electrons. The van der Waals surface area contributed by atoms with Crippen molar-refractivity contribution in [1.29, 1.82) is 0 Å². The molecule has 1 heterocycles. The molecular formula is C9H17F2N. The van der Waals surface area contributed by atoms with Crippen LogP contribution in [0.3, 0.4) is 0 Å². The number of likely N-dealkylation sites (tertiary alicyclic amines) is 1. The second-order valence-electron chi connectivity index (χ2n) is 4.32. The minimum absolute atomic E-state index is 0.207. The smallest absolute Gasteiger partial charge is 0.150 e. The number of rotatable bonds is 1. The summed E-state index contributed by atoms with van der Waals surface area (Å²) in [6.07, 6.45) is -2.66. The fourth-order valence-corrected chi connectivity index (χ4v) is 1.99. The van der Waals surface area contributed by atoms with Gasteiger partial charge in [-0.05, 0) is 27.7 Å². The van der Waals surface area contributed by atoms with Gasteiger partial charge in [0, 0.05) is 18.1 Å². The number of alkyl halides is 2. The number of hydrogen-bond acceptors (Lipinski definition) is 1. The van der Waals surface area contributed by atoms with Gasteiger partial charge in [0.1, 0.15) is 6.17 Å². The van der Waals surface area contributed by atoms with E-state index in [4.69, 9.17) is 0 Å². The van der Waals surface area contributed by atoms with Crippen LogP contribution in [0.5, 0.6) is 0 Å². The predicted molar refractivity (Wildman–Crippen MR) is 45.7 cm³/mol. The highest BCUT2D eigenvalue weighted by Crippen LogP contribution is 2.34. The number of halogens is 2. The van der Waals surface area contributed by atoms with Crippen LogP contribution in [0.2, 0.25) is 0 Å². The lowest BCUT2D eigenvalue weighted by molar-refractivity contribution is 0.0799. The van der Waals surface area contributed by atoms with Gasteiger partial charge in [0.05, 0.1) is 0 Å². The van der Waals surface area contributed by atoms with Gasteiger partial charge in [0.2, 0.25) is 0 Å². The normalized spacial score (nSPS) is 36.2. The molecule has 0 bridgehead atoms. The summed E-state index contributed by atoms with van der Waals surface area (Å²) in [5, 5.41) is 0. The van der Waals surface area contributed by atoms with E-state index in [1.165, 1.54) is 0 Å². The Balaban J connectivity index is 2.80. The molecule has 0 aromatic rings. The fourth-order valence-electron chi connectivity index (χ4n) is 1.99. The number of nitrogens with zero attached hydrogens (tertiary/aromatic N) is 1. The molecule has 0 N–H and O–H groups in total. The van der Waals surface area contributed by atoms with Gasteiger partial charge in [0.15, 0.2) is 6.17 Å². The van der Waals surface area contributed by atoms with E-state index in [1.807, 2.05) is 18.7 Å². The van der Waals surface area contributed by atoms with Crippen LogP contribution in [0, 0.1) is 0 Å². The first-order chi connectivity index (χ1) is 5.37. The summed E-state index contributed by atoms with van der Waals surface area (Å²) in [5.41, 5.74) is -0.645. The molecule has 72 valence electrons. The minimum atomic E-state index is -1.35. The summed E-state index contributed by atoms with van der Waals surface area (Å²) >= 11 is 0. The van der Waals surface area contributed by atoms with E-state index in [0.29, 0.717) is 0 Å². The lowest BCUT2D eigenvalue weighted by atomic mass is 9.98. The summed E-state index contributed by atoms with van der Waals surface area (Å²) in [5.74, 6) is 0. The zero-order valence-corrected chi connectivity index (χ0v) is 8.14. The standard InChI is InChI=1S/C9H17F2N/c1-6(2)12-5-7(10)8(11)9(12,3)4/h6-8H,5H2,1-4H3. The molecule has 1 nitrogen and oxygen atoms in total. The third-order valence-corrected chi connectivity index (χ3v) is 2.73. The van der Waals surface area contributed by atoms with Crippen molar-refractivity contribution in [3.63, 3.8) is 0 Å². The molecule has 2 unspecified atom stereocenters. The molecule has 0 saturated carbocycles. The molecule has 0 aromatic heterocycles. The monoisotopic (exact) mass is 177 g/mol. The van der Waals surface area contributed by atoms with Crippen LogP contribution in [0.1, 0.15) is 27.7 Å². The van der Waals surface area contributed by atoms with E-state index in [2.05, 4.69) is 0 Å². The fraction of sp³-hybridized carbons (Fsp3) is 1.00. The van der Waals surface area contributed by atoms with Crippen LogP contribution in [0.15, 0.2) is 0 Å². The van der Waals surface area contributed by atoms with Crippen molar-refractivity contribution in [3.05, 3.63) is 0 Å². The Morgan fingerprint density at radius 1 is 1.33 bits per heavy atom. The zero-order valence-electron chi connectivity index (χ0n) is 8.14. The molecule has 1 fully saturated rings. The molecule has 0 aromatic carbocycles. The van der Waals surface area contributed by atoms with E-state index in [-0.39, 0.29) is 12.6 Å². The highest BCUT2D eigenvalue weighted by Gasteiger charge is 2.49. The highest BCUT2D eigenvalue weighted by molar-refractivity contribution is 5.02. The van der Waals surface area contributed by atoms with Crippen LogP contribution in [-0.4, -0.2) is 35.4 Å². The SMILES string of the molecule is CC(C)N1CC(F)C(F)C1(C)C. The molecule has 2 atom stereocenters. The van der Waals surface area contributed by atoms with Crippen LogP contribution in [0.25, 0.3) is 0 Å². The molecule has 0 amide bonds. The topological polar surface area (TPSA) is 3.24 Å². The molecule has 1 saturated heterocycles. The Morgan fingerprint density at radius 3 is 2.00 bits per heavy atom. The van der Waals surface area contributed by atoms with Crippen molar-refractivity contribution < 1.29 is 8.78 Å². The quantitative estimate of drug-likeness (QED) is 0.593. The molecule has 1 aliphatic rings. The molecule has 0 aliphatic carbocycles. The maximum atomic E-state index is 13.3. The molecule has 0 spiro atoms. The van der Waals surface area contributed by atoms with Gasteiger partial charge in [-0.2, -0.15) is 0 Å². The Bertz CT molecular complexity index is 168. The zero-order chi connectivity index (χ0) is 9.52. The molecule has 12 heavy (non-hydrogen) atoms. The van der Waals surface area contributed by atoms with E-state index in [0.717, 1.165) is 0 Å². The third kappa shape index (κ3) is 1.35. The summed E-state index contributed by atoms with van der Waals surface area (Å²) in [6, 6.07) is 0.207. The molecule has 1 rings (SSSR count). The lowest BCUT2D eigenvalue weighted by Crippen LogP contribution is -2.47. The maximum absolute atomic E-state index is 13.3. The minimum Gasteiger partial charge on any atom is -0.290 e. The van der Waals surface area contributed by atoms with Crippen LogP contribution < -0.4 is 0 Å². The Hall–Kier alpha value is -0.180. The summed E-state index contributed by atoms with van der Waals surface area (Å²) in [6.45, 7) is 7.68. The van der Waals surface area contributed by atoms with Gasteiger partial charge in [0.25, 0.3) is 0 Å². The van der Waals surface area contributed by atoms with Gasteiger partial charge >= 0.3 is 0 Å². The van der Waals surface area contributed by atoms with Gasteiger partial charge in [-0.3, -0.25) is 4.90 Å². The summed E-state index contributed by atoms with van der Waals surface area (Å²) < 4.78 is 26.3. The second-order valence-corrected chi connectivity index (χ2v) is 4.32. The summed E-state index contributed by atoms with van der Waals surface area (Å²) in [7, 11) is 0. The van der Waals surface area contributed by atoms with Gasteiger partial charge in [-0.25, -0.2) is 8.78 Å². The predicted octanol–water partition coefficient (Wildman–Crippen LogP) is 2.17. The molecule has 3 heteroatoms. The first-order valence-electron chi connectivity index (χ1n) is 4.42. The van der Waals surface area contributed by atoms with Crippen molar-refractivity contribution in [2.24, 2.45) is 0 Å². The van der Waals surface area contributed by atoms with Crippen LogP contribution >= 0.6 is 0 Å². The van der Waals surface area contributed by atoms with Crippen molar-refractivity contribution in [2.75, 3.05) is 6.54 Å². The van der Waals surface area contributed by atoms with Crippen molar-refractivity contribution in [3.8, 4) is 0 Å². The molecular weight excluding hydrogens is 160 g/mol. The molecule has 1 aliphatic heterocycles. The Morgan fingerprint density at radius 2 is 1.83 bits per heavy atom. The van der Waals surface area contributed by atoms with E-state index in [1.54, 1.807) is 13.8 Å². The van der Waals surface area contributed by atoms with Crippen molar-refractivity contribution >= 4 is 0 Å². The summed E-state index contributed by atoms with van der Waals surface area (Å²) in [4.78, 5) is 1.88. The largest absolute Gasteiger partial charge is 0.290 e.